The molecule has 0 spiro atoms. The second kappa shape index (κ2) is 6.06. The summed E-state index contributed by atoms with van der Waals surface area (Å²) in [5.41, 5.74) is 10.2. The minimum Gasteiger partial charge on any atom is -0.439 e. The molecule has 0 aliphatic heterocycles. The van der Waals surface area contributed by atoms with E-state index in [0.717, 1.165) is 17.0 Å². The molecular formula is C17H22N2O. The van der Waals surface area contributed by atoms with Gasteiger partial charge in [-0.05, 0) is 48.6 Å². The van der Waals surface area contributed by atoms with E-state index in [1.807, 2.05) is 25.1 Å². The Balaban J connectivity index is 2.22. The first-order chi connectivity index (χ1) is 9.51. The van der Waals surface area contributed by atoms with E-state index in [-0.39, 0.29) is 0 Å². The Labute approximate surface area is 120 Å². The summed E-state index contributed by atoms with van der Waals surface area (Å²) in [5.74, 6) is 1.95. The monoisotopic (exact) mass is 270 g/mol. The molecule has 0 saturated heterocycles. The van der Waals surface area contributed by atoms with Gasteiger partial charge in [-0.3, -0.25) is 0 Å². The Morgan fingerprint density at radius 2 is 1.90 bits per heavy atom. The van der Waals surface area contributed by atoms with Crippen molar-refractivity contribution in [1.29, 1.82) is 0 Å². The lowest BCUT2D eigenvalue weighted by Crippen LogP contribution is -2.01. The Kier molecular flexibility index (Phi) is 4.40. The van der Waals surface area contributed by atoms with Gasteiger partial charge in [0.1, 0.15) is 5.75 Å². The topological polar surface area (TPSA) is 48.1 Å². The second-order valence-corrected chi connectivity index (χ2v) is 5.37. The van der Waals surface area contributed by atoms with E-state index >= 15 is 0 Å². The van der Waals surface area contributed by atoms with Gasteiger partial charge in [-0.25, -0.2) is 4.98 Å². The maximum atomic E-state index is 5.82. The molecular weight excluding hydrogens is 248 g/mol. The van der Waals surface area contributed by atoms with Gasteiger partial charge in [-0.2, -0.15) is 0 Å². The molecule has 2 N–H and O–H groups in total. The first-order valence-corrected chi connectivity index (χ1v) is 6.96. The lowest BCUT2D eigenvalue weighted by molar-refractivity contribution is 0.460. The summed E-state index contributed by atoms with van der Waals surface area (Å²) in [4.78, 5) is 4.42. The second-order valence-electron chi connectivity index (χ2n) is 5.37. The standard InChI is InChI=1S/C17H22N2O/c1-11(2)16-7-6-15(9-12(16)3)20-17-8-5-14(10-18)13(4)19-17/h5-9,11H,10,18H2,1-4H3. The van der Waals surface area contributed by atoms with Gasteiger partial charge in [0, 0.05) is 18.3 Å². The van der Waals surface area contributed by atoms with E-state index in [9.17, 15) is 0 Å². The van der Waals surface area contributed by atoms with Gasteiger partial charge in [0.25, 0.3) is 0 Å². The van der Waals surface area contributed by atoms with E-state index in [0.29, 0.717) is 18.3 Å². The molecule has 0 aliphatic carbocycles. The van der Waals surface area contributed by atoms with E-state index in [4.69, 9.17) is 10.5 Å². The minimum absolute atomic E-state index is 0.501. The van der Waals surface area contributed by atoms with Crippen LogP contribution in [0.4, 0.5) is 0 Å². The van der Waals surface area contributed by atoms with E-state index in [2.05, 4.69) is 37.9 Å². The van der Waals surface area contributed by atoms with E-state index < -0.39 is 0 Å². The summed E-state index contributed by atoms with van der Waals surface area (Å²) in [6.45, 7) is 8.94. The zero-order valence-corrected chi connectivity index (χ0v) is 12.6. The maximum Gasteiger partial charge on any atom is 0.219 e. The third-order valence-electron chi connectivity index (χ3n) is 3.48. The lowest BCUT2D eigenvalue weighted by Gasteiger charge is -2.12. The van der Waals surface area contributed by atoms with Gasteiger partial charge in [0.15, 0.2) is 0 Å². The quantitative estimate of drug-likeness (QED) is 0.911. The van der Waals surface area contributed by atoms with Crippen LogP contribution in [0.2, 0.25) is 0 Å². The van der Waals surface area contributed by atoms with Crippen molar-refractivity contribution in [3.63, 3.8) is 0 Å². The fraction of sp³-hybridized carbons (Fsp3) is 0.353. The Morgan fingerprint density at radius 1 is 1.15 bits per heavy atom. The van der Waals surface area contributed by atoms with Crippen molar-refractivity contribution in [2.24, 2.45) is 5.73 Å². The van der Waals surface area contributed by atoms with E-state index in [1.54, 1.807) is 0 Å². The Bertz CT molecular complexity index is 606. The van der Waals surface area contributed by atoms with Gasteiger partial charge in [-0.15, -0.1) is 0 Å². The predicted molar refractivity (Wildman–Crippen MR) is 82.2 cm³/mol. The number of ether oxygens (including phenoxy) is 1. The molecule has 0 bridgehead atoms. The van der Waals surface area contributed by atoms with Crippen LogP contribution >= 0.6 is 0 Å². The number of pyridine rings is 1. The summed E-state index contributed by atoms with van der Waals surface area (Å²) < 4.78 is 5.82. The van der Waals surface area contributed by atoms with Gasteiger partial charge in [0.05, 0.1) is 0 Å². The number of rotatable bonds is 4. The molecule has 1 heterocycles. The highest BCUT2D eigenvalue weighted by molar-refractivity contribution is 5.38. The molecule has 0 radical (unpaired) electrons. The van der Waals surface area contributed by atoms with Crippen molar-refractivity contribution in [2.45, 2.75) is 40.2 Å². The molecule has 1 aromatic heterocycles. The van der Waals surface area contributed by atoms with Crippen LogP contribution in [-0.2, 0) is 6.54 Å². The number of nitrogens with two attached hydrogens (primary N) is 1. The molecule has 3 heteroatoms. The van der Waals surface area contributed by atoms with Crippen molar-refractivity contribution in [1.82, 2.24) is 4.98 Å². The van der Waals surface area contributed by atoms with Crippen LogP contribution in [0, 0.1) is 13.8 Å². The Hall–Kier alpha value is -1.87. The fourth-order valence-corrected chi connectivity index (χ4v) is 2.32. The highest BCUT2D eigenvalue weighted by atomic mass is 16.5. The third kappa shape index (κ3) is 3.17. The van der Waals surface area contributed by atoms with Crippen molar-refractivity contribution in [3.05, 3.63) is 52.7 Å². The van der Waals surface area contributed by atoms with Crippen molar-refractivity contribution in [3.8, 4) is 11.6 Å². The first-order valence-electron chi connectivity index (χ1n) is 6.96. The molecule has 1 aromatic carbocycles. The van der Waals surface area contributed by atoms with Crippen LogP contribution in [-0.4, -0.2) is 4.98 Å². The number of nitrogens with zero attached hydrogens (tertiary/aromatic N) is 1. The van der Waals surface area contributed by atoms with Crippen molar-refractivity contribution >= 4 is 0 Å². The first kappa shape index (κ1) is 14.5. The zero-order valence-electron chi connectivity index (χ0n) is 12.6. The smallest absolute Gasteiger partial charge is 0.219 e. The lowest BCUT2D eigenvalue weighted by atomic mass is 9.98. The number of aromatic nitrogens is 1. The largest absolute Gasteiger partial charge is 0.439 e. The van der Waals surface area contributed by atoms with Crippen LogP contribution < -0.4 is 10.5 Å². The number of hydrogen-bond acceptors (Lipinski definition) is 3. The summed E-state index contributed by atoms with van der Waals surface area (Å²) >= 11 is 0. The van der Waals surface area contributed by atoms with Crippen LogP contribution in [0.5, 0.6) is 11.6 Å². The van der Waals surface area contributed by atoms with Crippen LogP contribution in [0.1, 0.15) is 42.1 Å². The van der Waals surface area contributed by atoms with Gasteiger partial charge < -0.3 is 10.5 Å². The molecule has 0 aliphatic rings. The summed E-state index contributed by atoms with van der Waals surface area (Å²) in [6, 6.07) is 10.0. The number of hydrogen-bond donors (Lipinski definition) is 1. The summed E-state index contributed by atoms with van der Waals surface area (Å²) in [6.07, 6.45) is 0. The van der Waals surface area contributed by atoms with Gasteiger partial charge in [-0.1, -0.05) is 26.0 Å². The molecule has 0 fully saturated rings. The van der Waals surface area contributed by atoms with Crippen LogP contribution in [0.3, 0.4) is 0 Å². The minimum atomic E-state index is 0.501. The average Bonchev–Trinajstić information content (AvgIpc) is 2.38. The average molecular weight is 270 g/mol. The highest BCUT2D eigenvalue weighted by Gasteiger charge is 2.07. The molecule has 106 valence electrons. The molecule has 2 aromatic rings. The molecule has 0 saturated carbocycles. The van der Waals surface area contributed by atoms with Crippen molar-refractivity contribution in [2.75, 3.05) is 0 Å². The number of benzene rings is 1. The normalized spacial score (nSPS) is 10.9. The maximum absolute atomic E-state index is 5.82. The van der Waals surface area contributed by atoms with Crippen LogP contribution in [0.15, 0.2) is 30.3 Å². The van der Waals surface area contributed by atoms with Gasteiger partial charge >= 0.3 is 0 Å². The highest BCUT2D eigenvalue weighted by Crippen LogP contribution is 2.26. The molecule has 2 rings (SSSR count). The summed E-state index contributed by atoms with van der Waals surface area (Å²) in [5, 5.41) is 0. The fourth-order valence-electron chi connectivity index (χ4n) is 2.32. The molecule has 0 amide bonds. The third-order valence-corrected chi connectivity index (χ3v) is 3.48. The van der Waals surface area contributed by atoms with Crippen LogP contribution in [0.25, 0.3) is 0 Å². The molecule has 20 heavy (non-hydrogen) atoms. The molecule has 0 unspecified atom stereocenters. The van der Waals surface area contributed by atoms with Gasteiger partial charge in [0.2, 0.25) is 5.88 Å². The predicted octanol–water partition coefficient (Wildman–Crippen LogP) is 4.07. The Morgan fingerprint density at radius 3 is 2.45 bits per heavy atom. The van der Waals surface area contributed by atoms with Crippen molar-refractivity contribution < 1.29 is 4.74 Å². The van der Waals surface area contributed by atoms with E-state index in [1.165, 1.54) is 11.1 Å². The SMILES string of the molecule is Cc1cc(Oc2ccc(CN)c(C)n2)ccc1C(C)C. The number of aryl methyl sites for hydroxylation is 2. The molecule has 0 atom stereocenters. The molecule has 3 nitrogen and oxygen atoms in total. The zero-order chi connectivity index (χ0) is 14.7. The summed E-state index contributed by atoms with van der Waals surface area (Å²) in [7, 11) is 0.